The number of benzene rings is 2. The third kappa shape index (κ3) is 4.49. The number of aryl methyl sites for hydroxylation is 1. The minimum Gasteiger partial charge on any atom is -0.372 e. The maximum Gasteiger partial charge on any atom is 0.229 e. The van der Waals surface area contributed by atoms with E-state index < -0.39 is 0 Å². The Morgan fingerprint density at radius 2 is 1.67 bits per heavy atom. The van der Waals surface area contributed by atoms with E-state index in [0.717, 1.165) is 36.0 Å². The van der Waals surface area contributed by atoms with Gasteiger partial charge in [-0.3, -0.25) is 0 Å². The Morgan fingerprint density at radius 3 is 2.41 bits per heavy atom. The average molecular weight is 380 g/mol. The highest BCUT2D eigenvalue weighted by Crippen LogP contribution is 2.24. The summed E-state index contributed by atoms with van der Waals surface area (Å²) in [7, 11) is 0. The van der Waals surface area contributed by atoms with E-state index >= 15 is 0 Å². The first-order chi connectivity index (χ1) is 13.2. The van der Waals surface area contributed by atoms with Gasteiger partial charge in [-0.05, 0) is 62.2 Å². The molecular weight excluding hydrogens is 358 g/mol. The molecule has 1 aliphatic heterocycles. The molecule has 0 radical (unpaired) electrons. The summed E-state index contributed by atoms with van der Waals surface area (Å²) in [5.41, 5.74) is 4.01. The van der Waals surface area contributed by atoms with Crippen molar-refractivity contribution >= 4 is 40.4 Å². The Kier molecular flexibility index (Phi) is 5.12. The van der Waals surface area contributed by atoms with Crippen molar-refractivity contribution in [3.8, 4) is 0 Å². The summed E-state index contributed by atoms with van der Waals surface area (Å²) in [6.07, 6.45) is 2.55. The molecule has 2 aromatic carbocycles. The minimum atomic E-state index is 0.563. The Labute approximate surface area is 164 Å². The molecule has 0 bridgehead atoms. The van der Waals surface area contributed by atoms with Crippen LogP contribution in [0.2, 0.25) is 5.02 Å². The Bertz CT molecular complexity index is 920. The molecule has 1 aromatic heterocycles. The van der Waals surface area contributed by atoms with E-state index in [1.165, 1.54) is 18.5 Å². The van der Waals surface area contributed by atoms with Crippen molar-refractivity contribution in [3.05, 3.63) is 65.3 Å². The zero-order valence-corrected chi connectivity index (χ0v) is 16.0. The van der Waals surface area contributed by atoms with Gasteiger partial charge in [0.1, 0.15) is 5.82 Å². The number of rotatable bonds is 5. The lowest BCUT2D eigenvalue weighted by molar-refractivity contribution is 0.949. The second-order valence-corrected chi connectivity index (χ2v) is 7.16. The molecule has 0 saturated carbocycles. The fourth-order valence-electron chi connectivity index (χ4n) is 3.26. The van der Waals surface area contributed by atoms with Crippen molar-refractivity contribution in [2.45, 2.75) is 19.8 Å². The number of anilines is 5. The normalized spacial score (nSPS) is 13.6. The van der Waals surface area contributed by atoms with Gasteiger partial charge in [-0.1, -0.05) is 17.7 Å². The van der Waals surface area contributed by atoms with Crippen LogP contribution in [0.5, 0.6) is 0 Å². The van der Waals surface area contributed by atoms with Gasteiger partial charge in [-0.15, -0.1) is 0 Å². The molecule has 2 heterocycles. The number of hydrogen-bond donors (Lipinski definition) is 2. The summed E-state index contributed by atoms with van der Waals surface area (Å²) in [5, 5.41) is 7.25. The van der Waals surface area contributed by atoms with Crippen molar-refractivity contribution in [1.29, 1.82) is 0 Å². The number of halogens is 1. The van der Waals surface area contributed by atoms with Gasteiger partial charge >= 0.3 is 0 Å². The lowest BCUT2D eigenvalue weighted by Crippen LogP contribution is -2.17. The lowest BCUT2D eigenvalue weighted by atomic mass is 10.2. The maximum atomic E-state index is 6.05. The molecule has 0 spiro atoms. The molecule has 0 aliphatic carbocycles. The molecule has 0 atom stereocenters. The van der Waals surface area contributed by atoms with Gasteiger partial charge in [0, 0.05) is 46.9 Å². The topological polar surface area (TPSA) is 53.1 Å². The third-order valence-corrected chi connectivity index (χ3v) is 4.78. The van der Waals surface area contributed by atoms with Gasteiger partial charge in [0.2, 0.25) is 5.95 Å². The van der Waals surface area contributed by atoms with Crippen molar-refractivity contribution in [2.75, 3.05) is 28.6 Å². The second-order valence-electron chi connectivity index (χ2n) is 6.72. The molecule has 5 nitrogen and oxygen atoms in total. The van der Waals surface area contributed by atoms with Crippen molar-refractivity contribution in [2.24, 2.45) is 0 Å². The summed E-state index contributed by atoms with van der Waals surface area (Å²) in [4.78, 5) is 11.5. The first kappa shape index (κ1) is 17.6. The van der Waals surface area contributed by atoms with Gasteiger partial charge in [0.05, 0.1) is 0 Å². The van der Waals surface area contributed by atoms with Crippen LogP contribution in [0.3, 0.4) is 0 Å². The maximum absolute atomic E-state index is 6.05. The van der Waals surface area contributed by atoms with Gasteiger partial charge < -0.3 is 15.5 Å². The zero-order valence-electron chi connectivity index (χ0n) is 15.2. The zero-order chi connectivity index (χ0) is 18.6. The highest BCUT2D eigenvalue weighted by atomic mass is 35.5. The molecule has 1 aliphatic rings. The highest BCUT2D eigenvalue weighted by Gasteiger charge is 2.12. The van der Waals surface area contributed by atoms with Crippen LogP contribution in [0.15, 0.2) is 54.6 Å². The van der Waals surface area contributed by atoms with Gasteiger partial charge in [-0.2, -0.15) is 4.98 Å². The van der Waals surface area contributed by atoms with Crippen LogP contribution >= 0.6 is 11.6 Å². The van der Waals surface area contributed by atoms with Crippen molar-refractivity contribution in [1.82, 2.24) is 9.97 Å². The molecule has 0 unspecified atom stereocenters. The fraction of sp³-hybridized carbons (Fsp3) is 0.238. The summed E-state index contributed by atoms with van der Waals surface area (Å²) in [5.74, 6) is 1.29. The molecule has 3 aromatic rings. The largest absolute Gasteiger partial charge is 0.372 e. The monoisotopic (exact) mass is 379 g/mol. The molecule has 138 valence electrons. The third-order valence-electron chi connectivity index (χ3n) is 4.55. The first-order valence-electron chi connectivity index (χ1n) is 9.16. The van der Waals surface area contributed by atoms with E-state index in [4.69, 9.17) is 11.6 Å². The van der Waals surface area contributed by atoms with Gasteiger partial charge in [0.15, 0.2) is 0 Å². The smallest absolute Gasteiger partial charge is 0.229 e. The number of nitrogens with zero attached hydrogens (tertiary/aromatic N) is 3. The van der Waals surface area contributed by atoms with E-state index in [9.17, 15) is 0 Å². The molecule has 0 amide bonds. The predicted octanol–water partition coefficient (Wildman–Crippen LogP) is 5.53. The van der Waals surface area contributed by atoms with Crippen LogP contribution in [0.4, 0.5) is 28.8 Å². The van der Waals surface area contributed by atoms with Crippen LogP contribution in [0, 0.1) is 6.92 Å². The number of aromatic nitrogens is 2. The van der Waals surface area contributed by atoms with Crippen molar-refractivity contribution in [3.63, 3.8) is 0 Å². The summed E-state index contributed by atoms with van der Waals surface area (Å²) in [6, 6.07) is 17.9. The molecule has 6 heteroatoms. The van der Waals surface area contributed by atoms with Crippen LogP contribution in [-0.2, 0) is 0 Å². The number of nitrogens with one attached hydrogen (secondary N) is 2. The molecule has 4 rings (SSSR count). The lowest BCUT2D eigenvalue weighted by Gasteiger charge is -2.18. The van der Waals surface area contributed by atoms with E-state index in [1.807, 2.05) is 37.3 Å². The molecule has 1 saturated heterocycles. The minimum absolute atomic E-state index is 0.563. The van der Waals surface area contributed by atoms with E-state index in [0.29, 0.717) is 11.0 Å². The summed E-state index contributed by atoms with van der Waals surface area (Å²) < 4.78 is 0. The molecule has 27 heavy (non-hydrogen) atoms. The average Bonchev–Trinajstić information content (AvgIpc) is 3.16. The van der Waals surface area contributed by atoms with Crippen LogP contribution in [-0.4, -0.2) is 23.1 Å². The van der Waals surface area contributed by atoms with E-state index in [2.05, 4.69) is 49.8 Å². The predicted molar refractivity (Wildman–Crippen MR) is 113 cm³/mol. The first-order valence-corrected chi connectivity index (χ1v) is 9.54. The Balaban J connectivity index is 1.49. The van der Waals surface area contributed by atoms with E-state index in [-0.39, 0.29) is 0 Å². The quantitative estimate of drug-likeness (QED) is 0.610. The summed E-state index contributed by atoms with van der Waals surface area (Å²) in [6.45, 7) is 4.24. The SMILES string of the molecule is Cc1cc(Nc2cccc(Cl)c2)nc(Nc2ccc(N3CCCC3)cc2)n1. The Morgan fingerprint density at radius 1 is 0.889 bits per heavy atom. The molecule has 1 fully saturated rings. The second kappa shape index (κ2) is 7.84. The summed E-state index contributed by atoms with van der Waals surface area (Å²) >= 11 is 6.05. The van der Waals surface area contributed by atoms with E-state index in [1.54, 1.807) is 0 Å². The molecular formula is C21H22ClN5. The Hall–Kier alpha value is -2.79. The van der Waals surface area contributed by atoms with Crippen molar-refractivity contribution < 1.29 is 0 Å². The van der Waals surface area contributed by atoms with Gasteiger partial charge in [0.25, 0.3) is 0 Å². The molecule has 2 N–H and O–H groups in total. The van der Waals surface area contributed by atoms with Crippen LogP contribution in [0.25, 0.3) is 0 Å². The standard InChI is InChI=1S/C21H22ClN5/c1-15-13-20(24-18-6-4-5-16(22)14-18)26-21(23-15)25-17-7-9-19(10-8-17)27-11-2-3-12-27/h4-10,13-14H,2-3,11-12H2,1H3,(H2,23,24,25,26). The van der Waals surface area contributed by atoms with Crippen LogP contribution < -0.4 is 15.5 Å². The van der Waals surface area contributed by atoms with Gasteiger partial charge in [-0.25, -0.2) is 4.98 Å². The number of hydrogen-bond acceptors (Lipinski definition) is 5. The fourth-order valence-corrected chi connectivity index (χ4v) is 3.45. The van der Waals surface area contributed by atoms with Crippen LogP contribution in [0.1, 0.15) is 18.5 Å². The highest BCUT2D eigenvalue weighted by molar-refractivity contribution is 6.30.